The molecule has 3 heterocycles. The zero-order chi connectivity index (χ0) is 14.8. The number of likely N-dealkylation sites (tertiary alicyclic amines) is 1. The van der Waals surface area contributed by atoms with Crippen molar-refractivity contribution in [1.82, 2.24) is 14.9 Å². The highest BCUT2D eigenvalue weighted by Gasteiger charge is 2.31. The average molecular weight is 287 g/mol. The van der Waals surface area contributed by atoms with Crippen molar-refractivity contribution in [3.63, 3.8) is 0 Å². The summed E-state index contributed by atoms with van der Waals surface area (Å²) in [5.41, 5.74) is 1.78. The molecule has 0 radical (unpaired) electrons. The normalized spacial score (nSPS) is 22.7. The molecule has 1 aliphatic rings. The number of aromatic amines is 1. The number of carbonyl (C=O) groups is 1. The number of pyridine rings is 1. The van der Waals surface area contributed by atoms with E-state index in [0.29, 0.717) is 12.3 Å². The van der Waals surface area contributed by atoms with Gasteiger partial charge in [-0.15, -0.1) is 0 Å². The molecule has 21 heavy (non-hydrogen) atoms. The number of H-pyrrole nitrogens is 1. The highest BCUT2D eigenvalue weighted by Crippen LogP contribution is 2.24. The van der Waals surface area contributed by atoms with Crippen LogP contribution >= 0.6 is 0 Å². The van der Waals surface area contributed by atoms with E-state index < -0.39 is 0 Å². The number of rotatable bonds is 3. The zero-order valence-corrected chi connectivity index (χ0v) is 12.2. The number of hydrogen-bond acceptors (Lipinski definition) is 3. The standard InChI is InChI=1S/C16H21N3O2/c1-11-4-3-7-19(14(11)10-20)15(21)8-12-9-18-16-13(12)5-2-6-17-16/h2,5-6,9,11,14,20H,3-4,7-8,10H2,1H3,(H,17,18). The fourth-order valence-corrected chi connectivity index (χ4v) is 3.26. The lowest BCUT2D eigenvalue weighted by molar-refractivity contribution is -0.136. The van der Waals surface area contributed by atoms with Crippen LogP contribution in [0.4, 0.5) is 0 Å². The Morgan fingerprint density at radius 2 is 2.43 bits per heavy atom. The van der Waals surface area contributed by atoms with Crippen molar-refractivity contribution in [3.8, 4) is 0 Å². The summed E-state index contributed by atoms with van der Waals surface area (Å²) in [5, 5.41) is 10.6. The molecular weight excluding hydrogens is 266 g/mol. The highest BCUT2D eigenvalue weighted by atomic mass is 16.3. The number of carbonyl (C=O) groups excluding carboxylic acids is 1. The van der Waals surface area contributed by atoms with Gasteiger partial charge in [-0.2, -0.15) is 0 Å². The molecule has 5 nitrogen and oxygen atoms in total. The third kappa shape index (κ3) is 2.65. The second-order valence-corrected chi connectivity index (χ2v) is 5.85. The van der Waals surface area contributed by atoms with Crippen LogP contribution in [0.25, 0.3) is 11.0 Å². The Morgan fingerprint density at radius 3 is 3.24 bits per heavy atom. The van der Waals surface area contributed by atoms with Crippen molar-refractivity contribution in [2.24, 2.45) is 5.92 Å². The van der Waals surface area contributed by atoms with Crippen molar-refractivity contribution in [2.75, 3.05) is 13.2 Å². The monoisotopic (exact) mass is 287 g/mol. The Hall–Kier alpha value is -1.88. The quantitative estimate of drug-likeness (QED) is 0.903. The van der Waals surface area contributed by atoms with Gasteiger partial charge in [-0.05, 0) is 36.5 Å². The molecule has 2 aromatic heterocycles. The minimum atomic E-state index is -0.0467. The molecule has 1 aliphatic heterocycles. The summed E-state index contributed by atoms with van der Waals surface area (Å²) < 4.78 is 0. The number of hydrogen-bond donors (Lipinski definition) is 2. The van der Waals surface area contributed by atoms with Gasteiger partial charge in [-0.25, -0.2) is 4.98 Å². The first-order chi connectivity index (χ1) is 10.2. The Kier molecular flexibility index (Phi) is 3.92. The number of amides is 1. The summed E-state index contributed by atoms with van der Waals surface area (Å²) in [4.78, 5) is 21.8. The molecule has 2 aromatic rings. The van der Waals surface area contributed by atoms with Gasteiger partial charge in [0.05, 0.1) is 19.1 Å². The first-order valence-corrected chi connectivity index (χ1v) is 7.52. The molecule has 112 valence electrons. The van der Waals surface area contributed by atoms with Gasteiger partial charge >= 0.3 is 0 Å². The lowest BCUT2D eigenvalue weighted by Gasteiger charge is -2.39. The van der Waals surface area contributed by atoms with Gasteiger partial charge in [-0.1, -0.05) is 6.92 Å². The fraction of sp³-hybridized carbons (Fsp3) is 0.500. The maximum Gasteiger partial charge on any atom is 0.227 e. The van der Waals surface area contributed by atoms with Crippen LogP contribution in [0, 0.1) is 5.92 Å². The smallest absolute Gasteiger partial charge is 0.227 e. The second-order valence-electron chi connectivity index (χ2n) is 5.85. The highest BCUT2D eigenvalue weighted by molar-refractivity contribution is 5.87. The van der Waals surface area contributed by atoms with E-state index in [1.54, 1.807) is 6.20 Å². The number of fused-ring (bicyclic) bond motifs is 1. The summed E-state index contributed by atoms with van der Waals surface area (Å²) in [7, 11) is 0. The minimum Gasteiger partial charge on any atom is -0.394 e. The Balaban J connectivity index is 1.79. The fourth-order valence-electron chi connectivity index (χ4n) is 3.26. The Labute approximate surface area is 124 Å². The number of aliphatic hydroxyl groups excluding tert-OH is 1. The van der Waals surface area contributed by atoms with Crippen molar-refractivity contribution in [3.05, 3.63) is 30.1 Å². The molecule has 3 rings (SSSR count). The molecule has 0 aliphatic carbocycles. The Morgan fingerprint density at radius 1 is 1.57 bits per heavy atom. The lowest BCUT2D eigenvalue weighted by atomic mass is 9.91. The lowest BCUT2D eigenvalue weighted by Crippen LogP contribution is -2.50. The molecule has 1 saturated heterocycles. The van der Waals surface area contributed by atoms with Crippen LogP contribution in [0.1, 0.15) is 25.3 Å². The van der Waals surface area contributed by atoms with Crippen molar-refractivity contribution in [1.29, 1.82) is 0 Å². The summed E-state index contributed by atoms with van der Waals surface area (Å²) in [6, 6.07) is 3.81. The zero-order valence-electron chi connectivity index (χ0n) is 12.2. The maximum atomic E-state index is 12.6. The molecule has 2 N–H and O–H groups in total. The van der Waals surface area contributed by atoms with E-state index in [1.807, 2.05) is 23.2 Å². The number of aromatic nitrogens is 2. The van der Waals surface area contributed by atoms with Crippen LogP contribution in [-0.4, -0.2) is 45.1 Å². The molecule has 0 saturated carbocycles. The van der Waals surface area contributed by atoms with Gasteiger partial charge in [0, 0.05) is 24.3 Å². The predicted molar refractivity (Wildman–Crippen MR) is 80.8 cm³/mol. The Bertz CT molecular complexity index is 637. The van der Waals surface area contributed by atoms with Gasteiger partial charge in [0.1, 0.15) is 5.65 Å². The first-order valence-electron chi connectivity index (χ1n) is 7.52. The number of nitrogens with one attached hydrogen (secondary N) is 1. The third-order valence-corrected chi connectivity index (χ3v) is 4.50. The van der Waals surface area contributed by atoms with E-state index in [-0.39, 0.29) is 18.6 Å². The molecule has 0 bridgehead atoms. The number of piperidine rings is 1. The maximum absolute atomic E-state index is 12.6. The topological polar surface area (TPSA) is 69.2 Å². The van der Waals surface area contributed by atoms with E-state index >= 15 is 0 Å². The van der Waals surface area contributed by atoms with Gasteiger partial charge in [0.15, 0.2) is 0 Å². The van der Waals surface area contributed by atoms with Crippen LogP contribution in [0.5, 0.6) is 0 Å². The van der Waals surface area contributed by atoms with E-state index in [1.165, 1.54) is 0 Å². The molecule has 2 unspecified atom stereocenters. The summed E-state index contributed by atoms with van der Waals surface area (Å²) >= 11 is 0. The molecular formula is C16H21N3O2. The van der Waals surface area contributed by atoms with Crippen LogP contribution in [0.15, 0.2) is 24.5 Å². The molecule has 5 heteroatoms. The van der Waals surface area contributed by atoms with Crippen LogP contribution in [-0.2, 0) is 11.2 Å². The molecule has 1 fully saturated rings. The van der Waals surface area contributed by atoms with Crippen molar-refractivity contribution >= 4 is 16.9 Å². The summed E-state index contributed by atoms with van der Waals surface area (Å²) in [6.45, 7) is 2.90. The minimum absolute atomic E-state index is 0.0440. The molecule has 0 aromatic carbocycles. The number of aliphatic hydroxyl groups is 1. The molecule has 1 amide bonds. The van der Waals surface area contributed by atoms with Gasteiger partial charge < -0.3 is 15.0 Å². The van der Waals surface area contributed by atoms with Gasteiger partial charge in [0.25, 0.3) is 0 Å². The van der Waals surface area contributed by atoms with E-state index in [9.17, 15) is 9.90 Å². The summed E-state index contributed by atoms with van der Waals surface area (Å²) in [5.74, 6) is 0.447. The molecule has 2 atom stereocenters. The van der Waals surface area contributed by atoms with Crippen LogP contribution in [0.3, 0.4) is 0 Å². The third-order valence-electron chi connectivity index (χ3n) is 4.50. The average Bonchev–Trinajstić information content (AvgIpc) is 2.90. The van der Waals surface area contributed by atoms with E-state index in [0.717, 1.165) is 36.0 Å². The SMILES string of the molecule is CC1CCCN(C(=O)Cc2c[nH]c3ncccc23)C1CO. The largest absolute Gasteiger partial charge is 0.394 e. The number of nitrogens with zero attached hydrogens (tertiary/aromatic N) is 2. The van der Waals surface area contributed by atoms with Crippen molar-refractivity contribution < 1.29 is 9.90 Å². The predicted octanol–water partition coefficient (Wildman–Crippen LogP) is 1.72. The first kappa shape index (κ1) is 14.1. The summed E-state index contributed by atoms with van der Waals surface area (Å²) in [6.07, 6.45) is 6.04. The molecule has 0 spiro atoms. The van der Waals surface area contributed by atoms with Crippen molar-refractivity contribution in [2.45, 2.75) is 32.2 Å². The van der Waals surface area contributed by atoms with Crippen LogP contribution < -0.4 is 0 Å². The second kappa shape index (κ2) is 5.85. The van der Waals surface area contributed by atoms with E-state index in [2.05, 4.69) is 16.9 Å². The van der Waals surface area contributed by atoms with E-state index in [4.69, 9.17) is 0 Å². The van der Waals surface area contributed by atoms with Gasteiger partial charge in [0.2, 0.25) is 5.91 Å². The van der Waals surface area contributed by atoms with Gasteiger partial charge in [-0.3, -0.25) is 4.79 Å². The van der Waals surface area contributed by atoms with Crippen LogP contribution in [0.2, 0.25) is 0 Å².